The van der Waals surface area contributed by atoms with Crippen LogP contribution in [0.25, 0.3) is 5.69 Å². The van der Waals surface area contributed by atoms with Gasteiger partial charge in [0.1, 0.15) is 0 Å². The second kappa shape index (κ2) is 6.64. The first kappa shape index (κ1) is 15.3. The van der Waals surface area contributed by atoms with Crippen molar-refractivity contribution in [3.63, 3.8) is 0 Å². The minimum Gasteiger partial charge on any atom is -0.343 e. The molecule has 1 aliphatic rings. The summed E-state index contributed by atoms with van der Waals surface area (Å²) >= 11 is 0. The second-order valence-electron chi connectivity index (χ2n) is 5.77. The Balaban J connectivity index is 1.62. The molecule has 1 fully saturated rings. The summed E-state index contributed by atoms with van der Waals surface area (Å²) in [6, 6.07) is 9.46. The molecule has 2 amide bonds. The van der Waals surface area contributed by atoms with Crippen molar-refractivity contribution >= 4 is 17.5 Å². The Morgan fingerprint density at radius 1 is 1.22 bits per heavy atom. The summed E-state index contributed by atoms with van der Waals surface area (Å²) in [5.41, 5.74) is 1.66. The normalized spacial score (nSPS) is 15.4. The van der Waals surface area contributed by atoms with E-state index in [2.05, 4.69) is 10.4 Å². The van der Waals surface area contributed by atoms with Gasteiger partial charge in [-0.1, -0.05) is 6.07 Å². The highest BCUT2D eigenvalue weighted by atomic mass is 16.2. The van der Waals surface area contributed by atoms with E-state index < -0.39 is 0 Å². The van der Waals surface area contributed by atoms with Gasteiger partial charge in [-0.15, -0.1) is 0 Å². The molecule has 1 saturated heterocycles. The lowest BCUT2D eigenvalue weighted by Gasteiger charge is -2.30. The van der Waals surface area contributed by atoms with Crippen LogP contribution in [-0.2, 0) is 9.59 Å². The average Bonchev–Trinajstić information content (AvgIpc) is 3.10. The summed E-state index contributed by atoms with van der Waals surface area (Å²) < 4.78 is 1.75. The van der Waals surface area contributed by atoms with Gasteiger partial charge in [-0.2, -0.15) is 5.10 Å². The van der Waals surface area contributed by atoms with Crippen molar-refractivity contribution in [3.05, 3.63) is 42.7 Å². The Hall–Kier alpha value is -2.63. The fourth-order valence-corrected chi connectivity index (χ4v) is 2.85. The van der Waals surface area contributed by atoms with E-state index in [0.717, 1.165) is 11.4 Å². The molecule has 0 atom stereocenters. The first-order valence-corrected chi connectivity index (χ1v) is 7.80. The molecule has 0 unspecified atom stereocenters. The molecule has 1 aliphatic heterocycles. The fourth-order valence-electron chi connectivity index (χ4n) is 2.85. The molecule has 1 N–H and O–H groups in total. The third-order valence-electron chi connectivity index (χ3n) is 4.19. The highest BCUT2D eigenvalue weighted by Gasteiger charge is 2.26. The SMILES string of the molecule is CC(=O)N1CCC(C(=O)Nc2cccc(-n3cccn3)c2)CC1. The van der Waals surface area contributed by atoms with Gasteiger partial charge in [-0.25, -0.2) is 4.68 Å². The Morgan fingerprint density at radius 3 is 2.65 bits per heavy atom. The molecule has 120 valence electrons. The number of aromatic nitrogens is 2. The maximum Gasteiger partial charge on any atom is 0.227 e. The topological polar surface area (TPSA) is 67.2 Å². The lowest BCUT2D eigenvalue weighted by atomic mass is 9.96. The number of nitrogens with one attached hydrogen (secondary N) is 1. The molecule has 0 spiro atoms. The van der Waals surface area contributed by atoms with Crippen molar-refractivity contribution in [2.45, 2.75) is 19.8 Å². The quantitative estimate of drug-likeness (QED) is 0.943. The van der Waals surface area contributed by atoms with Crippen LogP contribution in [0.1, 0.15) is 19.8 Å². The smallest absolute Gasteiger partial charge is 0.227 e. The summed E-state index contributed by atoms with van der Waals surface area (Å²) in [6.07, 6.45) is 5.00. The van der Waals surface area contributed by atoms with E-state index in [9.17, 15) is 9.59 Å². The largest absolute Gasteiger partial charge is 0.343 e. The van der Waals surface area contributed by atoms with Crippen LogP contribution in [0.5, 0.6) is 0 Å². The lowest BCUT2D eigenvalue weighted by molar-refractivity contribution is -0.132. The molecule has 6 nitrogen and oxygen atoms in total. The number of carbonyl (C=O) groups is 2. The zero-order valence-corrected chi connectivity index (χ0v) is 13.1. The number of benzene rings is 1. The zero-order valence-electron chi connectivity index (χ0n) is 13.1. The first-order valence-electron chi connectivity index (χ1n) is 7.80. The van der Waals surface area contributed by atoms with E-state index in [1.807, 2.05) is 36.5 Å². The molecule has 2 aromatic rings. The van der Waals surface area contributed by atoms with E-state index in [1.54, 1.807) is 22.7 Å². The molecule has 3 rings (SSSR count). The van der Waals surface area contributed by atoms with Gasteiger partial charge >= 0.3 is 0 Å². The van der Waals surface area contributed by atoms with Crippen LogP contribution in [0.4, 0.5) is 5.69 Å². The number of rotatable bonds is 3. The first-order chi connectivity index (χ1) is 11.1. The highest BCUT2D eigenvalue weighted by molar-refractivity contribution is 5.93. The molecular formula is C17H20N4O2. The van der Waals surface area contributed by atoms with Gasteiger partial charge in [-0.05, 0) is 37.1 Å². The van der Waals surface area contributed by atoms with Crippen LogP contribution in [0.3, 0.4) is 0 Å². The number of amides is 2. The average molecular weight is 312 g/mol. The number of carbonyl (C=O) groups excluding carboxylic acids is 2. The van der Waals surface area contributed by atoms with Crippen molar-refractivity contribution in [2.75, 3.05) is 18.4 Å². The van der Waals surface area contributed by atoms with Gasteiger partial charge in [0.15, 0.2) is 0 Å². The molecule has 0 saturated carbocycles. The Kier molecular flexibility index (Phi) is 4.41. The van der Waals surface area contributed by atoms with Crippen molar-refractivity contribution < 1.29 is 9.59 Å². The zero-order chi connectivity index (χ0) is 16.2. The minimum atomic E-state index is -0.0426. The number of hydrogen-bond donors (Lipinski definition) is 1. The monoisotopic (exact) mass is 312 g/mol. The summed E-state index contributed by atoms with van der Waals surface area (Å²) in [6.45, 7) is 2.88. The fraction of sp³-hybridized carbons (Fsp3) is 0.353. The van der Waals surface area contributed by atoms with E-state index in [1.165, 1.54) is 0 Å². The van der Waals surface area contributed by atoms with E-state index in [-0.39, 0.29) is 17.7 Å². The van der Waals surface area contributed by atoms with Crippen LogP contribution in [0.15, 0.2) is 42.7 Å². The van der Waals surface area contributed by atoms with Crippen molar-refractivity contribution in [1.82, 2.24) is 14.7 Å². The maximum absolute atomic E-state index is 12.4. The maximum atomic E-state index is 12.4. The van der Waals surface area contributed by atoms with E-state index in [0.29, 0.717) is 25.9 Å². The number of nitrogens with zero attached hydrogens (tertiary/aromatic N) is 3. The Labute approximate surface area is 135 Å². The van der Waals surface area contributed by atoms with Crippen LogP contribution < -0.4 is 5.32 Å². The summed E-state index contributed by atoms with van der Waals surface area (Å²) in [5, 5.41) is 7.16. The van der Waals surface area contributed by atoms with Gasteiger partial charge in [-0.3, -0.25) is 9.59 Å². The van der Waals surface area contributed by atoms with Gasteiger partial charge in [0.05, 0.1) is 5.69 Å². The highest BCUT2D eigenvalue weighted by Crippen LogP contribution is 2.20. The van der Waals surface area contributed by atoms with Crippen molar-refractivity contribution in [2.24, 2.45) is 5.92 Å². The van der Waals surface area contributed by atoms with Crippen LogP contribution in [0.2, 0.25) is 0 Å². The molecule has 2 heterocycles. The predicted octanol–water partition coefficient (Wildman–Crippen LogP) is 2.07. The molecule has 0 bridgehead atoms. The van der Waals surface area contributed by atoms with Crippen molar-refractivity contribution in [1.29, 1.82) is 0 Å². The third-order valence-corrected chi connectivity index (χ3v) is 4.19. The Morgan fingerprint density at radius 2 is 2.00 bits per heavy atom. The standard InChI is InChI=1S/C17H20N4O2/c1-13(22)20-10-6-14(7-11-20)17(23)19-15-4-2-5-16(12-15)21-9-3-8-18-21/h2-5,8-9,12,14H,6-7,10-11H2,1H3,(H,19,23). The summed E-state index contributed by atoms with van der Waals surface area (Å²) in [4.78, 5) is 25.5. The molecule has 23 heavy (non-hydrogen) atoms. The van der Waals surface area contributed by atoms with Gasteiger partial charge in [0.25, 0.3) is 0 Å². The van der Waals surface area contributed by atoms with Crippen molar-refractivity contribution in [3.8, 4) is 5.69 Å². The summed E-state index contributed by atoms with van der Waals surface area (Å²) in [7, 11) is 0. The van der Waals surface area contributed by atoms with Gasteiger partial charge in [0, 0.05) is 44.0 Å². The number of piperidine rings is 1. The van der Waals surface area contributed by atoms with Crippen LogP contribution in [0, 0.1) is 5.92 Å². The summed E-state index contributed by atoms with van der Waals surface area (Å²) in [5.74, 6) is 0.0561. The number of likely N-dealkylation sites (tertiary alicyclic amines) is 1. The molecule has 1 aromatic carbocycles. The predicted molar refractivity (Wildman–Crippen MR) is 87.2 cm³/mol. The van der Waals surface area contributed by atoms with E-state index in [4.69, 9.17) is 0 Å². The van der Waals surface area contributed by atoms with E-state index >= 15 is 0 Å². The van der Waals surface area contributed by atoms with Gasteiger partial charge < -0.3 is 10.2 Å². The molecule has 0 radical (unpaired) electrons. The minimum absolute atomic E-state index is 0.0193. The second-order valence-corrected chi connectivity index (χ2v) is 5.77. The molecular weight excluding hydrogens is 292 g/mol. The molecule has 0 aliphatic carbocycles. The van der Waals surface area contributed by atoms with Crippen LogP contribution in [-0.4, -0.2) is 39.6 Å². The molecule has 1 aromatic heterocycles. The number of hydrogen-bond acceptors (Lipinski definition) is 3. The number of anilines is 1. The van der Waals surface area contributed by atoms with Crippen LogP contribution >= 0.6 is 0 Å². The molecule has 6 heteroatoms. The van der Waals surface area contributed by atoms with Gasteiger partial charge in [0.2, 0.25) is 11.8 Å². The lowest BCUT2D eigenvalue weighted by Crippen LogP contribution is -2.40. The Bertz CT molecular complexity index is 688. The third kappa shape index (κ3) is 3.59.